The Bertz CT molecular complexity index is 831. The van der Waals surface area contributed by atoms with E-state index >= 15 is 0 Å². The third-order valence-corrected chi connectivity index (χ3v) is 5.93. The Hall–Kier alpha value is -2.13. The van der Waals surface area contributed by atoms with Crippen LogP contribution in [0, 0.1) is 18.6 Å². The molecule has 0 unspecified atom stereocenters. The number of hydrogen-bond donors (Lipinski definition) is 0. The maximum atomic E-state index is 13.8. The maximum absolute atomic E-state index is 13.8. The molecule has 0 spiro atoms. The number of ether oxygens (including phenoxy) is 1. The minimum atomic E-state index is -4.23. The van der Waals surface area contributed by atoms with Crippen LogP contribution in [0.25, 0.3) is 0 Å². The van der Waals surface area contributed by atoms with E-state index in [9.17, 15) is 17.2 Å². The molecule has 0 aliphatic carbocycles. The summed E-state index contributed by atoms with van der Waals surface area (Å²) in [5, 5.41) is 7.80. The SMILES string of the molecule is Cc1ccc(OC2CCN(S(=O)(=O)c3c(F)cccc3F)CC2)nn1. The Morgan fingerprint density at radius 3 is 2.28 bits per heavy atom. The number of piperidine rings is 1. The highest BCUT2D eigenvalue weighted by atomic mass is 32.2. The molecule has 1 saturated heterocycles. The van der Waals surface area contributed by atoms with Gasteiger partial charge in [0.25, 0.3) is 0 Å². The van der Waals surface area contributed by atoms with Crippen LogP contribution in [0.3, 0.4) is 0 Å². The van der Waals surface area contributed by atoms with Gasteiger partial charge in [0.2, 0.25) is 15.9 Å². The number of rotatable bonds is 4. The van der Waals surface area contributed by atoms with Gasteiger partial charge in [0, 0.05) is 19.2 Å². The van der Waals surface area contributed by atoms with Crippen LogP contribution in [0.5, 0.6) is 5.88 Å². The molecule has 3 rings (SSSR count). The predicted molar refractivity (Wildman–Crippen MR) is 85.5 cm³/mol. The van der Waals surface area contributed by atoms with Gasteiger partial charge in [-0.15, -0.1) is 5.10 Å². The molecule has 1 aromatic heterocycles. The van der Waals surface area contributed by atoms with Crippen LogP contribution in [0.4, 0.5) is 8.78 Å². The molecule has 0 amide bonds. The Balaban J connectivity index is 1.68. The van der Waals surface area contributed by atoms with Gasteiger partial charge in [0.05, 0.1) is 5.69 Å². The predicted octanol–water partition coefficient (Wildman–Crippen LogP) is 2.30. The van der Waals surface area contributed by atoms with E-state index < -0.39 is 26.6 Å². The van der Waals surface area contributed by atoms with Crippen LogP contribution < -0.4 is 4.74 Å². The van der Waals surface area contributed by atoms with Gasteiger partial charge in [-0.2, -0.15) is 9.40 Å². The van der Waals surface area contributed by atoms with Gasteiger partial charge in [-0.3, -0.25) is 0 Å². The number of aryl methyl sites for hydroxylation is 1. The zero-order valence-electron chi connectivity index (χ0n) is 13.5. The largest absolute Gasteiger partial charge is 0.473 e. The average Bonchev–Trinajstić information content (AvgIpc) is 2.57. The molecule has 1 aliphatic rings. The molecule has 1 fully saturated rings. The molecule has 1 aromatic carbocycles. The van der Waals surface area contributed by atoms with Crippen molar-refractivity contribution in [1.29, 1.82) is 0 Å². The quantitative estimate of drug-likeness (QED) is 0.827. The average molecular weight is 369 g/mol. The minimum absolute atomic E-state index is 0.111. The van der Waals surface area contributed by atoms with E-state index in [0.717, 1.165) is 28.2 Å². The third kappa shape index (κ3) is 3.77. The summed E-state index contributed by atoms with van der Waals surface area (Å²) in [4.78, 5) is -0.904. The van der Waals surface area contributed by atoms with Crippen molar-refractivity contribution >= 4 is 10.0 Å². The molecule has 25 heavy (non-hydrogen) atoms. The van der Waals surface area contributed by atoms with Gasteiger partial charge in [-0.1, -0.05) is 6.07 Å². The van der Waals surface area contributed by atoms with E-state index in [0.29, 0.717) is 18.7 Å². The van der Waals surface area contributed by atoms with Crippen LogP contribution in [0.1, 0.15) is 18.5 Å². The van der Waals surface area contributed by atoms with E-state index in [-0.39, 0.29) is 19.2 Å². The zero-order valence-corrected chi connectivity index (χ0v) is 14.3. The third-order valence-electron chi connectivity index (χ3n) is 3.98. The highest BCUT2D eigenvalue weighted by molar-refractivity contribution is 7.89. The van der Waals surface area contributed by atoms with Crippen molar-refractivity contribution in [2.24, 2.45) is 0 Å². The molecule has 2 heterocycles. The molecule has 0 N–H and O–H groups in total. The lowest BCUT2D eigenvalue weighted by Crippen LogP contribution is -2.42. The van der Waals surface area contributed by atoms with Gasteiger partial charge in [-0.25, -0.2) is 17.2 Å². The number of nitrogens with zero attached hydrogens (tertiary/aromatic N) is 3. The van der Waals surface area contributed by atoms with E-state index in [1.54, 1.807) is 12.1 Å². The van der Waals surface area contributed by atoms with Crippen molar-refractivity contribution in [3.8, 4) is 5.88 Å². The van der Waals surface area contributed by atoms with Gasteiger partial charge in [0.15, 0.2) is 4.90 Å². The van der Waals surface area contributed by atoms with Gasteiger partial charge in [-0.05, 0) is 38.0 Å². The zero-order chi connectivity index (χ0) is 18.0. The summed E-state index contributed by atoms with van der Waals surface area (Å²) < 4.78 is 59.4. The first-order valence-corrected chi connectivity index (χ1v) is 9.23. The molecule has 0 bridgehead atoms. The number of hydrogen-bond acceptors (Lipinski definition) is 5. The summed E-state index contributed by atoms with van der Waals surface area (Å²) in [6.07, 6.45) is 0.560. The van der Waals surface area contributed by atoms with Crippen LogP contribution in [0.15, 0.2) is 35.2 Å². The summed E-state index contributed by atoms with van der Waals surface area (Å²) in [6, 6.07) is 6.46. The summed E-state index contributed by atoms with van der Waals surface area (Å²) in [7, 11) is -4.23. The molecule has 1 aliphatic heterocycles. The van der Waals surface area contributed by atoms with Crippen molar-refractivity contribution in [3.05, 3.63) is 47.7 Å². The summed E-state index contributed by atoms with van der Waals surface area (Å²) in [6.45, 7) is 2.03. The van der Waals surface area contributed by atoms with Crippen molar-refractivity contribution in [3.63, 3.8) is 0 Å². The van der Waals surface area contributed by atoms with Crippen molar-refractivity contribution in [2.75, 3.05) is 13.1 Å². The fourth-order valence-electron chi connectivity index (χ4n) is 2.67. The first kappa shape index (κ1) is 17.7. The topological polar surface area (TPSA) is 72.4 Å². The second-order valence-electron chi connectivity index (χ2n) is 5.79. The van der Waals surface area contributed by atoms with E-state index in [1.165, 1.54) is 0 Å². The van der Waals surface area contributed by atoms with Crippen molar-refractivity contribution in [2.45, 2.75) is 30.8 Å². The van der Waals surface area contributed by atoms with Gasteiger partial charge >= 0.3 is 0 Å². The number of benzene rings is 1. The van der Waals surface area contributed by atoms with E-state index in [4.69, 9.17) is 4.74 Å². The molecule has 6 nitrogen and oxygen atoms in total. The molecule has 9 heteroatoms. The van der Waals surface area contributed by atoms with Crippen LogP contribution >= 0.6 is 0 Å². The van der Waals surface area contributed by atoms with Gasteiger partial charge < -0.3 is 4.74 Å². The Kier molecular flexibility index (Phi) is 4.96. The Labute approximate surface area is 144 Å². The molecule has 0 radical (unpaired) electrons. The van der Waals surface area contributed by atoms with E-state index in [1.807, 2.05) is 6.92 Å². The Morgan fingerprint density at radius 1 is 1.08 bits per heavy atom. The smallest absolute Gasteiger partial charge is 0.248 e. The molecule has 0 atom stereocenters. The molecular weight excluding hydrogens is 352 g/mol. The first-order chi connectivity index (χ1) is 11.9. The molecule has 0 saturated carbocycles. The lowest BCUT2D eigenvalue weighted by atomic mass is 10.1. The number of halogens is 2. The summed E-state index contributed by atoms with van der Waals surface area (Å²) >= 11 is 0. The maximum Gasteiger partial charge on any atom is 0.248 e. The van der Waals surface area contributed by atoms with E-state index in [2.05, 4.69) is 10.2 Å². The summed E-state index contributed by atoms with van der Waals surface area (Å²) in [5.41, 5.74) is 0.764. The van der Waals surface area contributed by atoms with Gasteiger partial charge in [0.1, 0.15) is 17.7 Å². The monoisotopic (exact) mass is 369 g/mol. The minimum Gasteiger partial charge on any atom is -0.473 e. The van der Waals surface area contributed by atoms with Crippen molar-refractivity contribution in [1.82, 2.24) is 14.5 Å². The Morgan fingerprint density at radius 2 is 1.72 bits per heavy atom. The fraction of sp³-hybridized carbons (Fsp3) is 0.375. The fourth-order valence-corrected chi connectivity index (χ4v) is 4.25. The summed E-state index contributed by atoms with van der Waals surface area (Å²) in [5.74, 6) is -1.81. The highest BCUT2D eigenvalue weighted by Crippen LogP contribution is 2.26. The van der Waals surface area contributed by atoms with Crippen molar-refractivity contribution < 1.29 is 21.9 Å². The lowest BCUT2D eigenvalue weighted by Gasteiger charge is -2.31. The highest BCUT2D eigenvalue weighted by Gasteiger charge is 2.34. The molecule has 2 aromatic rings. The molecule has 134 valence electrons. The van der Waals surface area contributed by atoms with Crippen LogP contribution in [-0.2, 0) is 10.0 Å². The number of aromatic nitrogens is 2. The normalized spacial score (nSPS) is 16.8. The molecular formula is C16H17F2N3O3S. The van der Waals surface area contributed by atoms with Crippen LogP contribution in [-0.4, -0.2) is 42.1 Å². The standard InChI is InChI=1S/C16H17F2N3O3S/c1-11-5-6-15(20-19-11)24-12-7-9-21(10-8-12)25(22,23)16-13(17)3-2-4-14(16)18/h2-6,12H,7-10H2,1H3. The second kappa shape index (κ2) is 7.01. The first-order valence-electron chi connectivity index (χ1n) is 7.79. The second-order valence-corrected chi connectivity index (χ2v) is 7.66. The van der Waals surface area contributed by atoms with Crippen LogP contribution in [0.2, 0.25) is 0 Å². The number of sulfonamides is 1. The lowest BCUT2D eigenvalue weighted by molar-refractivity contribution is 0.128.